The van der Waals surface area contributed by atoms with Gasteiger partial charge in [0.25, 0.3) is 5.56 Å². The molecule has 1 aromatic heterocycles. The number of nitrogens with two attached hydrogens (primary N) is 1. The second-order valence-electron chi connectivity index (χ2n) is 7.42. The van der Waals surface area contributed by atoms with Crippen LogP contribution >= 0.6 is 0 Å². The fraction of sp³-hybridized carbons (Fsp3) is 0.333. The number of hydrogen-bond acceptors (Lipinski definition) is 9. The first-order valence-electron chi connectivity index (χ1n) is 10.2. The minimum absolute atomic E-state index is 0.121. The Morgan fingerprint density at radius 1 is 1.09 bits per heavy atom. The van der Waals surface area contributed by atoms with E-state index in [1.807, 2.05) is 0 Å². The number of esters is 1. The molecular weight excluding hydrogens is 468 g/mol. The fourth-order valence-corrected chi connectivity index (χ4v) is 4.64. The standard InChI is InChI=1S/C21H24N4O8S/c1-23-19(22)18(20(28)24(2)21(23)29)16(26)13-33-17(27)8-5-14-3-6-15(7-4-14)34(30,31)25-9-11-32-12-10-25/h3-8H,9-13,22H2,1-2H3/b8-5+. The molecule has 182 valence electrons. The quantitative estimate of drug-likeness (QED) is 0.294. The number of aromatic nitrogens is 2. The zero-order chi connectivity index (χ0) is 25.0. The van der Waals surface area contributed by atoms with Crippen LogP contribution in [0.2, 0.25) is 0 Å². The number of morpholine rings is 1. The zero-order valence-corrected chi connectivity index (χ0v) is 19.4. The van der Waals surface area contributed by atoms with Gasteiger partial charge in [0.05, 0.1) is 18.1 Å². The fourth-order valence-electron chi connectivity index (χ4n) is 3.23. The van der Waals surface area contributed by atoms with Gasteiger partial charge in [0.15, 0.2) is 6.61 Å². The van der Waals surface area contributed by atoms with E-state index in [0.717, 1.165) is 15.2 Å². The molecule has 0 spiro atoms. The van der Waals surface area contributed by atoms with E-state index in [-0.39, 0.29) is 23.8 Å². The first-order chi connectivity index (χ1) is 16.0. The molecule has 2 aromatic rings. The Balaban J connectivity index is 1.63. The number of carbonyl (C=O) groups is 2. The van der Waals surface area contributed by atoms with E-state index < -0.39 is 45.2 Å². The Morgan fingerprint density at radius 2 is 1.71 bits per heavy atom. The van der Waals surface area contributed by atoms with Crippen molar-refractivity contribution in [3.05, 3.63) is 62.3 Å². The predicted octanol–water partition coefficient (Wildman–Crippen LogP) is -0.874. The van der Waals surface area contributed by atoms with Gasteiger partial charge in [0, 0.05) is 33.3 Å². The van der Waals surface area contributed by atoms with Crippen molar-refractivity contribution in [2.45, 2.75) is 4.90 Å². The molecule has 2 heterocycles. The number of ether oxygens (including phenoxy) is 2. The van der Waals surface area contributed by atoms with Gasteiger partial charge in [0.1, 0.15) is 11.4 Å². The second-order valence-corrected chi connectivity index (χ2v) is 9.35. The third-order valence-corrected chi connectivity index (χ3v) is 7.15. The van der Waals surface area contributed by atoms with Crippen LogP contribution in [0.4, 0.5) is 5.82 Å². The van der Waals surface area contributed by atoms with Gasteiger partial charge in [-0.1, -0.05) is 12.1 Å². The molecule has 0 radical (unpaired) electrons. The van der Waals surface area contributed by atoms with Crippen molar-refractivity contribution in [3.8, 4) is 0 Å². The lowest BCUT2D eigenvalue weighted by Gasteiger charge is -2.26. The zero-order valence-electron chi connectivity index (χ0n) is 18.6. The minimum Gasteiger partial charge on any atom is -0.454 e. The minimum atomic E-state index is -3.63. The number of Topliss-reactive ketones (excluding diaryl/α,β-unsaturated/α-hetero) is 1. The molecule has 3 rings (SSSR count). The lowest BCUT2D eigenvalue weighted by atomic mass is 10.2. The number of hydrogen-bond donors (Lipinski definition) is 1. The van der Waals surface area contributed by atoms with Crippen LogP contribution in [0.25, 0.3) is 6.08 Å². The summed E-state index contributed by atoms with van der Waals surface area (Å²) in [4.78, 5) is 48.5. The van der Waals surface area contributed by atoms with Crippen LogP contribution in [0, 0.1) is 0 Å². The van der Waals surface area contributed by atoms with Crippen LogP contribution < -0.4 is 17.0 Å². The summed E-state index contributed by atoms with van der Waals surface area (Å²) < 4.78 is 38.3. The van der Waals surface area contributed by atoms with Crippen LogP contribution in [0.5, 0.6) is 0 Å². The largest absolute Gasteiger partial charge is 0.454 e. The van der Waals surface area contributed by atoms with Crippen molar-refractivity contribution in [1.82, 2.24) is 13.4 Å². The Bertz CT molecular complexity index is 1350. The van der Waals surface area contributed by atoms with E-state index in [9.17, 15) is 27.6 Å². The molecule has 0 saturated carbocycles. The summed E-state index contributed by atoms with van der Waals surface area (Å²) in [7, 11) is -1.12. The van der Waals surface area contributed by atoms with Crippen molar-refractivity contribution in [3.63, 3.8) is 0 Å². The average molecular weight is 493 g/mol. The highest BCUT2D eigenvalue weighted by atomic mass is 32.2. The Kier molecular flexibility index (Phi) is 7.49. The molecule has 1 aliphatic heterocycles. The molecule has 13 heteroatoms. The molecule has 1 fully saturated rings. The summed E-state index contributed by atoms with van der Waals surface area (Å²) in [6.07, 6.45) is 2.44. The molecule has 2 N–H and O–H groups in total. The number of nitrogens with zero attached hydrogens (tertiary/aromatic N) is 3. The topological polar surface area (TPSA) is 160 Å². The lowest BCUT2D eigenvalue weighted by molar-refractivity contribution is -0.136. The number of nitrogen functional groups attached to an aromatic ring is 1. The van der Waals surface area contributed by atoms with Crippen molar-refractivity contribution in [1.29, 1.82) is 0 Å². The van der Waals surface area contributed by atoms with Crippen LogP contribution in [-0.2, 0) is 38.4 Å². The van der Waals surface area contributed by atoms with Crippen LogP contribution in [0.3, 0.4) is 0 Å². The Morgan fingerprint density at radius 3 is 2.32 bits per heavy atom. The molecule has 0 bridgehead atoms. The lowest BCUT2D eigenvalue weighted by Crippen LogP contribution is -2.42. The normalized spacial score (nSPS) is 14.9. The van der Waals surface area contributed by atoms with Gasteiger partial charge in [-0.2, -0.15) is 4.31 Å². The molecule has 1 aliphatic rings. The summed E-state index contributed by atoms with van der Waals surface area (Å²) in [6, 6.07) is 5.91. The SMILES string of the molecule is Cn1c(N)c(C(=O)COC(=O)/C=C/c2ccc(S(=O)(=O)N3CCOCC3)cc2)c(=O)n(C)c1=O. The van der Waals surface area contributed by atoms with Gasteiger partial charge in [-0.15, -0.1) is 0 Å². The summed E-state index contributed by atoms with van der Waals surface area (Å²) in [5, 5.41) is 0. The van der Waals surface area contributed by atoms with E-state index in [2.05, 4.69) is 0 Å². The molecule has 12 nitrogen and oxygen atoms in total. The Hall–Kier alpha value is -3.55. The number of rotatable bonds is 7. The molecule has 1 aromatic carbocycles. The van der Waals surface area contributed by atoms with E-state index in [1.165, 1.54) is 48.7 Å². The van der Waals surface area contributed by atoms with E-state index >= 15 is 0 Å². The predicted molar refractivity (Wildman–Crippen MR) is 122 cm³/mol. The summed E-state index contributed by atoms with van der Waals surface area (Å²) in [6.45, 7) is 0.497. The van der Waals surface area contributed by atoms with Crippen molar-refractivity contribution in [2.24, 2.45) is 14.1 Å². The molecule has 0 atom stereocenters. The maximum absolute atomic E-state index is 12.6. The average Bonchev–Trinajstić information content (AvgIpc) is 2.84. The highest BCUT2D eigenvalue weighted by Crippen LogP contribution is 2.18. The number of carbonyl (C=O) groups excluding carboxylic acids is 2. The van der Waals surface area contributed by atoms with Gasteiger partial charge < -0.3 is 15.2 Å². The monoisotopic (exact) mass is 492 g/mol. The summed E-state index contributed by atoms with van der Waals surface area (Å²) in [5.41, 5.74) is 4.21. The number of sulfonamides is 1. The third kappa shape index (κ3) is 5.16. The Labute approximate surface area is 194 Å². The molecule has 0 aliphatic carbocycles. The maximum atomic E-state index is 12.6. The third-order valence-electron chi connectivity index (χ3n) is 5.23. The molecule has 0 amide bonds. The van der Waals surface area contributed by atoms with Gasteiger partial charge in [-0.05, 0) is 23.8 Å². The van der Waals surface area contributed by atoms with Crippen LogP contribution in [-0.4, -0.2) is 66.5 Å². The first-order valence-corrected chi connectivity index (χ1v) is 11.6. The van der Waals surface area contributed by atoms with E-state index in [0.29, 0.717) is 18.8 Å². The van der Waals surface area contributed by atoms with Crippen LogP contribution in [0.15, 0.2) is 44.8 Å². The smallest absolute Gasteiger partial charge is 0.332 e. The number of anilines is 1. The van der Waals surface area contributed by atoms with E-state index in [4.69, 9.17) is 15.2 Å². The summed E-state index contributed by atoms with van der Waals surface area (Å²) >= 11 is 0. The second kappa shape index (κ2) is 10.2. The first kappa shape index (κ1) is 25.1. The molecule has 34 heavy (non-hydrogen) atoms. The van der Waals surface area contributed by atoms with Crippen molar-refractivity contribution in [2.75, 3.05) is 38.6 Å². The molecular formula is C21H24N4O8S. The van der Waals surface area contributed by atoms with Gasteiger partial charge in [0.2, 0.25) is 15.8 Å². The van der Waals surface area contributed by atoms with Gasteiger partial charge in [-0.25, -0.2) is 18.0 Å². The van der Waals surface area contributed by atoms with Crippen molar-refractivity contribution < 1.29 is 27.5 Å². The molecule has 0 unspecified atom stereocenters. The number of benzene rings is 1. The summed E-state index contributed by atoms with van der Waals surface area (Å²) in [5.74, 6) is -2.04. The maximum Gasteiger partial charge on any atom is 0.332 e. The highest BCUT2D eigenvalue weighted by molar-refractivity contribution is 7.89. The molecule has 1 saturated heterocycles. The van der Waals surface area contributed by atoms with Crippen molar-refractivity contribution >= 4 is 33.7 Å². The number of ketones is 1. The van der Waals surface area contributed by atoms with Gasteiger partial charge in [-0.3, -0.25) is 18.7 Å². The van der Waals surface area contributed by atoms with Crippen LogP contribution in [0.1, 0.15) is 15.9 Å². The highest BCUT2D eigenvalue weighted by Gasteiger charge is 2.26. The van der Waals surface area contributed by atoms with E-state index in [1.54, 1.807) is 0 Å². The van der Waals surface area contributed by atoms with Gasteiger partial charge >= 0.3 is 11.7 Å².